The summed E-state index contributed by atoms with van der Waals surface area (Å²) in [5.41, 5.74) is 9.01. The van der Waals surface area contributed by atoms with Crippen LogP contribution in [0.25, 0.3) is 10.8 Å². The van der Waals surface area contributed by atoms with Crippen LogP contribution in [0.15, 0.2) is 83.9 Å². The van der Waals surface area contributed by atoms with Crippen molar-refractivity contribution in [2.24, 2.45) is 0 Å². The highest BCUT2D eigenvalue weighted by Gasteiger charge is 2.17. The fraction of sp³-hybridized carbons (Fsp3) is 0.258. The van der Waals surface area contributed by atoms with Gasteiger partial charge in [0.05, 0.1) is 10.6 Å². The Morgan fingerprint density at radius 2 is 1.73 bits per heavy atom. The number of nitrogen functional groups attached to an aromatic ring is 1. The van der Waals surface area contributed by atoms with Crippen LogP contribution >= 0.6 is 0 Å². The number of aryl methyl sites for hydroxylation is 1. The standard InChI is InChI=1S/C20H24N2O4S.C11H13N3/c1-2-27(25,26)19-12-11-18(13-17(19)14-21-15-23)22-20(24)10-6-9-16-7-4-3-5-8-16;1-2-13-9-3-4-10-8(7-9)5-6-14-11(10)12/h3-5,7-8,11-13,15H,2,6,9-10,14H2,1H3,(H,21,23)(H,22,24);3-7,13H,2H2,1H3,(H2,12,14). The fourth-order valence-corrected chi connectivity index (χ4v) is 5.36. The molecule has 0 radical (unpaired) electrons. The van der Waals surface area contributed by atoms with Crippen LogP contribution < -0.4 is 21.7 Å². The van der Waals surface area contributed by atoms with Gasteiger partial charge in [-0.1, -0.05) is 37.3 Å². The number of carbonyl (C=O) groups is 2. The number of nitrogens with zero attached hydrogens (tertiary/aromatic N) is 1. The molecule has 0 spiro atoms. The molecule has 0 bridgehead atoms. The summed E-state index contributed by atoms with van der Waals surface area (Å²) in [5.74, 6) is 0.420. The SMILES string of the molecule is CCNc1ccc2c(N)nccc2c1.CCS(=O)(=O)c1ccc(NC(=O)CCCc2ccccc2)cc1CNC=O. The van der Waals surface area contributed by atoms with Gasteiger partial charge < -0.3 is 21.7 Å². The molecule has 0 atom stereocenters. The number of nitrogens with two attached hydrogens (primary N) is 1. The number of rotatable bonds is 12. The van der Waals surface area contributed by atoms with Gasteiger partial charge in [-0.15, -0.1) is 0 Å². The van der Waals surface area contributed by atoms with E-state index < -0.39 is 9.84 Å². The zero-order valence-electron chi connectivity index (χ0n) is 23.4. The van der Waals surface area contributed by atoms with Crippen LogP contribution in [0, 0.1) is 0 Å². The Morgan fingerprint density at radius 3 is 2.44 bits per heavy atom. The van der Waals surface area contributed by atoms with Gasteiger partial charge in [0.1, 0.15) is 5.82 Å². The van der Waals surface area contributed by atoms with E-state index in [0.717, 1.165) is 35.8 Å². The lowest BCUT2D eigenvalue weighted by Gasteiger charge is -2.12. The van der Waals surface area contributed by atoms with E-state index in [-0.39, 0.29) is 23.1 Å². The summed E-state index contributed by atoms with van der Waals surface area (Å²) in [5, 5.41) is 10.7. The van der Waals surface area contributed by atoms with E-state index in [1.807, 2.05) is 48.5 Å². The van der Waals surface area contributed by atoms with Crippen molar-refractivity contribution < 1.29 is 18.0 Å². The average molecular weight is 576 g/mol. The molecule has 0 aliphatic rings. The number of hydrogen-bond acceptors (Lipinski definition) is 7. The van der Waals surface area contributed by atoms with Crippen molar-refractivity contribution in [1.29, 1.82) is 0 Å². The lowest BCUT2D eigenvalue weighted by atomic mass is 10.1. The number of hydrogen-bond donors (Lipinski definition) is 4. The van der Waals surface area contributed by atoms with Crippen LogP contribution in [0.1, 0.15) is 37.8 Å². The minimum Gasteiger partial charge on any atom is -0.385 e. The van der Waals surface area contributed by atoms with Crippen molar-refractivity contribution in [2.45, 2.75) is 44.6 Å². The van der Waals surface area contributed by atoms with E-state index >= 15 is 0 Å². The molecule has 0 fully saturated rings. The smallest absolute Gasteiger partial charge is 0.224 e. The second-order valence-electron chi connectivity index (χ2n) is 9.27. The molecule has 2 amide bonds. The maximum Gasteiger partial charge on any atom is 0.224 e. The predicted molar refractivity (Wildman–Crippen MR) is 165 cm³/mol. The second kappa shape index (κ2) is 15.4. The van der Waals surface area contributed by atoms with Crippen molar-refractivity contribution in [3.05, 3.63) is 90.1 Å². The fourth-order valence-electron chi connectivity index (χ4n) is 4.24. The molecular weight excluding hydrogens is 538 g/mol. The number of nitrogens with one attached hydrogen (secondary N) is 3. The summed E-state index contributed by atoms with van der Waals surface area (Å²) in [6.07, 6.45) is 4.14. The minimum absolute atomic E-state index is 0.0354. The first-order chi connectivity index (χ1) is 19.8. The van der Waals surface area contributed by atoms with Gasteiger partial charge in [-0.25, -0.2) is 13.4 Å². The van der Waals surface area contributed by atoms with Crippen LogP contribution in [-0.2, 0) is 32.4 Å². The summed E-state index contributed by atoms with van der Waals surface area (Å²) < 4.78 is 24.4. The van der Waals surface area contributed by atoms with Gasteiger partial charge in [-0.05, 0) is 78.7 Å². The summed E-state index contributed by atoms with van der Waals surface area (Å²) in [4.78, 5) is 26.9. The number of amides is 2. The molecule has 4 aromatic rings. The van der Waals surface area contributed by atoms with Crippen LogP contribution in [0.2, 0.25) is 0 Å². The van der Waals surface area contributed by atoms with E-state index in [1.165, 1.54) is 11.6 Å². The molecule has 0 unspecified atom stereocenters. The molecule has 5 N–H and O–H groups in total. The topological polar surface area (TPSA) is 143 Å². The van der Waals surface area contributed by atoms with Gasteiger partial charge in [0.15, 0.2) is 9.84 Å². The van der Waals surface area contributed by atoms with E-state index in [4.69, 9.17) is 5.73 Å². The first-order valence-electron chi connectivity index (χ1n) is 13.5. The Kier molecular flexibility index (Phi) is 11.7. The zero-order valence-corrected chi connectivity index (χ0v) is 24.2. The van der Waals surface area contributed by atoms with Crippen molar-refractivity contribution in [2.75, 3.05) is 28.7 Å². The zero-order chi connectivity index (χ0) is 29.7. The number of fused-ring (bicyclic) bond motifs is 1. The molecule has 0 aliphatic heterocycles. The van der Waals surface area contributed by atoms with Crippen molar-refractivity contribution in [1.82, 2.24) is 10.3 Å². The van der Waals surface area contributed by atoms with Gasteiger partial charge in [0, 0.05) is 42.5 Å². The molecule has 4 rings (SSSR count). The first kappa shape index (κ1) is 31.1. The maximum absolute atomic E-state index is 12.2. The Bertz CT molecular complexity index is 1560. The quantitative estimate of drug-likeness (QED) is 0.175. The monoisotopic (exact) mass is 575 g/mol. The van der Waals surface area contributed by atoms with Crippen molar-refractivity contribution in [3.63, 3.8) is 0 Å². The molecule has 9 nitrogen and oxygen atoms in total. The number of carbonyl (C=O) groups excluding carboxylic acids is 2. The normalized spacial score (nSPS) is 10.8. The average Bonchev–Trinajstić information content (AvgIpc) is 2.97. The number of aromatic nitrogens is 1. The third-order valence-electron chi connectivity index (χ3n) is 6.32. The van der Waals surface area contributed by atoms with Gasteiger partial charge in [0.2, 0.25) is 12.3 Å². The summed E-state index contributed by atoms with van der Waals surface area (Å²) >= 11 is 0. The lowest BCUT2D eigenvalue weighted by molar-refractivity contribution is -0.116. The lowest BCUT2D eigenvalue weighted by Crippen LogP contribution is -2.16. The second-order valence-corrected chi connectivity index (χ2v) is 11.5. The Hall–Kier alpha value is -4.44. The molecule has 0 saturated carbocycles. The van der Waals surface area contributed by atoms with Crippen LogP contribution in [0.5, 0.6) is 0 Å². The molecular formula is C31H37N5O4S. The molecule has 0 saturated heterocycles. The van der Waals surface area contributed by atoms with E-state index in [2.05, 4.69) is 33.9 Å². The van der Waals surface area contributed by atoms with E-state index in [9.17, 15) is 18.0 Å². The molecule has 1 heterocycles. The maximum atomic E-state index is 12.2. The molecule has 0 aliphatic carbocycles. The van der Waals surface area contributed by atoms with Crippen molar-refractivity contribution in [3.8, 4) is 0 Å². The van der Waals surface area contributed by atoms with Gasteiger partial charge in [-0.2, -0.15) is 0 Å². The number of benzene rings is 3. The third-order valence-corrected chi connectivity index (χ3v) is 8.15. The van der Waals surface area contributed by atoms with Crippen LogP contribution in [-0.4, -0.2) is 38.0 Å². The third kappa shape index (κ3) is 9.32. The summed E-state index contributed by atoms with van der Waals surface area (Å²) in [7, 11) is -3.42. The minimum atomic E-state index is -3.42. The van der Waals surface area contributed by atoms with Gasteiger partial charge in [-0.3, -0.25) is 9.59 Å². The molecule has 216 valence electrons. The van der Waals surface area contributed by atoms with E-state index in [0.29, 0.717) is 29.9 Å². The molecule has 3 aromatic carbocycles. The Labute approximate surface area is 241 Å². The Morgan fingerprint density at radius 1 is 0.976 bits per heavy atom. The first-order valence-corrected chi connectivity index (χ1v) is 15.2. The highest BCUT2D eigenvalue weighted by Crippen LogP contribution is 2.23. The van der Waals surface area contributed by atoms with Gasteiger partial charge in [0.25, 0.3) is 0 Å². The molecule has 41 heavy (non-hydrogen) atoms. The highest BCUT2D eigenvalue weighted by molar-refractivity contribution is 7.91. The highest BCUT2D eigenvalue weighted by atomic mass is 32.2. The Balaban J connectivity index is 0.000000275. The summed E-state index contributed by atoms with van der Waals surface area (Å²) in [6, 6.07) is 22.6. The molecule has 1 aromatic heterocycles. The van der Waals surface area contributed by atoms with Gasteiger partial charge >= 0.3 is 0 Å². The van der Waals surface area contributed by atoms with Crippen molar-refractivity contribution >= 4 is 50.1 Å². The summed E-state index contributed by atoms with van der Waals surface area (Å²) in [6.45, 7) is 4.64. The van der Waals surface area contributed by atoms with E-state index in [1.54, 1.807) is 25.3 Å². The number of sulfone groups is 1. The van der Waals surface area contributed by atoms with Crippen LogP contribution in [0.3, 0.4) is 0 Å². The number of anilines is 3. The number of pyridine rings is 1. The molecule has 10 heteroatoms. The largest absolute Gasteiger partial charge is 0.385 e. The predicted octanol–water partition coefficient (Wildman–Crippen LogP) is 4.94. The van der Waals surface area contributed by atoms with Crippen LogP contribution in [0.4, 0.5) is 17.2 Å².